The summed E-state index contributed by atoms with van der Waals surface area (Å²) in [4.78, 5) is 28.5. The number of amides is 1. The molecule has 2 rings (SSSR count). The van der Waals surface area contributed by atoms with E-state index in [-0.39, 0.29) is 6.61 Å². The number of aromatic nitrogens is 1. The second kappa shape index (κ2) is 8.14. The zero-order valence-corrected chi connectivity index (χ0v) is 16.0. The van der Waals surface area contributed by atoms with Gasteiger partial charge in [0.15, 0.2) is 0 Å². The first-order chi connectivity index (χ1) is 12.5. The highest BCUT2D eigenvalue weighted by atomic mass is 32.1. The Morgan fingerprint density at radius 2 is 1.96 bits per heavy atom. The molecule has 1 aromatic heterocycles. The second-order valence-electron chi connectivity index (χ2n) is 6.74. The summed E-state index contributed by atoms with van der Waals surface area (Å²) in [5, 5.41) is 13.5. The SMILES string of the molecule is CCOC(=O)C1(NC(=O)CC(O)(c2nc(C)cs2)C(F)(F)F)CCCCC1. The van der Waals surface area contributed by atoms with E-state index in [1.165, 1.54) is 12.3 Å². The molecule has 1 aromatic rings. The summed E-state index contributed by atoms with van der Waals surface area (Å²) < 4.78 is 45.7. The molecule has 1 unspecified atom stereocenters. The topological polar surface area (TPSA) is 88.5 Å². The number of hydrogen-bond acceptors (Lipinski definition) is 6. The minimum Gasteiger partial charge on any atom is -0.464 e. The van der Waals surface area contributed by atoms with Gasteiger partial charge in [-0.15, -0.1) is 11.3 Å². The average molecular weight is 408 g/mol. The van der Waals surface area contributed by atoms with E-state index in [1.54, 1.807) is 6.92 Å². The highest BCUT2D eigenvalue weighted by Gasteiger charge is 2.58. The number of thiazole rings is 1. The maximum absolute atomic E-state index is 13.6. The van der Waals surface area contributed by atoms with Crippen molar-refractivity contribution in [1.82, 2.24) is 10.3 Å². The van der Waals surface area contributed by atoms with E-state index in [1.807, 2.05) is 0 Å². The standard InChI is InChI=1S/C17H23F3N2O4S/c1-3-26-14(24)15(7-5-4-6-8-15)22-12(23)9-16(25,17(18,19)20)13-21-11(2)10-27-13/h10,25H,3-9H2,1-2H3,(H,22,23). The lowest BCUT2D eigenvalue weighted by atomic mass is 9.81. The van der Waals surface area contributed by atoms with Crippen LogP contribution in [0.15, 0.2) is 5.38 Å². The molecule has 1 aliphatic carbocycles. The van der Waals surface area contributed by atoms with Gasteiger partial charge in [0.1, 0.15) is 10.5 Å². The molecule has 2 N–H and O–H groups in total. The minimum atomic E-state index is -5.10. The van der Waals surface area contributed by atoms with Gasteiger partial charge in [0.05, 0.1) is 13.0 Å². The predicted octanol–water partition coefficient (Wildman–Crippen LogP) is 2.97. The Kier molecular flexibility index (Phi) is 6.51. The first-order valence-electron chi connectivity index (χ1n) is 8.74. The van der Waals surface area contributed by atoms with Crippen molar-refractivity contribution in [3.8, 4) is 0 Å². The van der Waals surface area contributed by atoms with Crippen LogP contribution in [0.4, 0.5) is 13.2 Å². The van der Waals surface area contributed by atoms with Gasteiger partial charge in [-0.05, 0) is 26.7 Å². The number of alkyl halides is 3. The Bertz CT molecular complexity index is 686. The number of esters is 1. The zero-order valence-electron chi connectivity index (χ0n) is 15.2. The fourth-order valence-corrected chi connectivity index (χ4v) is 4.10. The van der Waals surface area contributed by atoms with E-state index in [4.69, 9.17) is 4.74 Å². The quantitative estimate of drug-likeness (QED) is 0.707. The van der Waals surface area contributed by atoms with Crippen molar-refractivity contribution >= 4 is 23.2 Å². The number of halogens is 3. The van der Waals surface area contributed by atoms with E-state index in [2.05, 4.69) is 10.3 Å². The predicted molar refractivity (Wildman–Crippen MR) is 92.0 cm³/mol. The third-order valence-corrected chi connectivity index (χ3v) is 5.72. The Morgan fingerprint density at radius 1 is 1.33 bits per heavy atom. The maximum atomic E-state index is 13.6. The van der Waals surface area contributed by atoms with Crippen LogP contribution in [-0.4, -0.2) is 40.3 Å². The zero-order chi connectivity index (χ0) is 20.3. The Labute approximate surface area is 159 Å². The molecule has 0 saturated heterocycles. The van der Waals surface area contributed by atoms with Gasteiger partial charge in [-0.25, -0.2) is 9.78 Å². The van der Waals surface area contributed by atoms with E-state index in [0.29, 0.717) is 42.7 Å². The van der Waals surface area contributed by atoms with Crippen LogP contribution in [0.5, 0.6) is 0 Å². The molecular weight excluding hydrogens is 385 g/mol. The highest BCUT2D eigenvalue weighted by Crippen LogP contribution is 2.43. The van der Waals surface area contributed by atoms with Crippen LogP contribution in [0.2, 0.25) is 0 Å². The number of nitrogens with zero attached hydrogens (tertiary/aromatic N) is 1. The Hall–Kier alpha value is -1.68. The molecule has 0 radical (unpaired) electrons. The molecule has 0 aliphatic heterocycles. The Morgan fingerprint density at radius 3 is 2.44 bits per heavy atom. The van der Waals surface area contributed by atoms with Gasteiger partial charge in [-0.1, -0.05) is 19.3 Å². The fourth-order valence-electron chi connectivity index (χ4n) is 3.19. The van der Waals surface area contributed by atoms with Gasteiger partial charge in [0.2, 0.25) is 11.5 Å². The smallest absolute Gasteiger partial charge is 0.424 e. The molecule has 1 fully saturated rings. The molecule has 0 spiro atoms. The van der Waals surface area contributed by atoms with Gasteiger partial charge in [-0.2, -0.15) is 13.2 Å². The Balaban J connectivity index is 2.25. The number of aryl methyl sites for hydroxylation is 1. The molecule has 0 aromatic carbocycles. The molecule has 0 bridgehead atoms. The van der Waals surface area contributed by atoms with E-state index in [0.717, 1.165) is 6.42 Å². The second-order valence-corrected chi connectivity index (χ2v) is 7.60. The van der Waals surface area contributed by atoms with Gasteiger partial charge < -0.3 is 15.2 Å². The summed E-state index contributed by atoms with van der Waals surface area (Å²) in [6.07, 6.45) is -3.63. The van der Waals surface area contributed by atoms with Gasteiger partial charge in [0, 0.05) is 11.1 Å². The number of carbonyl (C=O) groups excluding carboxylic acids is 2. The van der Waals surface area contributed by atoms with Crippen LogP contribution in [0, 0.1) is 6.92 Å². The number of ether oxygens (including phenoxy) is 1. The summed E-state index contributed by atoms with van der Waals surface area (Å²) >= 11 is 0.632. The van der Waals surface area contributed by atoms with Gasteiger partial charge in [0.25, 0.3) is 0 Å². The maximum Gasteiger partial charge on any atom is 0.424 e. The van der Waals surface area contributed by atoms with Crippen LogP contribution in [-0.2, 0) is 19.9 Å². The number of aliphatic hydroxyl groups is 1. The highest BCUT2D eigenvalue weighted by molar-refractivity contribution is 7.09. The van der Waals surface area contributed by atoms with Crippen molar-refractivity contribution in [3.63, 3.8) is 0 Å². The first-order valence-corrected chi connectivity index (χ1v) is 9.62. The van der Waals surface area contributed by atoms with E-state index < -0.39 is 40.6 Å². The third kappa shape index (κ3) is 4.60. The van der Waals surface area contributed by atoms with E-state index >= 15 is 0 Å². The molecule has 1 saturated carbocycles. The van der Waals surface area contributed by atoms with Crippen LogP contribution < -0.4 is 5.32 Å². The van der Waals surface area contributed by atoms with Crippen LogP contribution >= 0.6 is 11.3 Å². The monoisotopic (exact) mass is 408 g/mol. The lowest BCUT2D eigenvalue weighted by Gasteiger charge is -2.36. The summed E-state index contributed by atoms with van der Waals surface area (Å²) in [6.45, 7) is 3.21. The van der Waals surface area contributed by atoms with Crippen molar-refractivity contribution in [2.45, 2.75) is 69.7 Å². The fraction of sp³-hybridized carbons (Fsp3) is 0.706. The lowest BCUT2D eigenvalue weighted by Crippen LogP contribution is -2.58. The third-order valence-electron chi connectivity index (χ3n) is 4.61. The van der Waals surface area contributed by atoms with Crippen molar-refractivity contribution < 1.29 is 32.6 Å². The summed E-state index contributed by atoms with van der Waals surface area (Å²) in [5.41, 5.74) is -4.45. The van der Waals surface area contributed by atoms with Crippen molar-refractivity contribution in [3.05, 3.63) is 16.1 Å². The number of hydrogen-bond donors (Lipinski definition) is 2. The van der Waals surface area contributed by atoms with Crippen LogP contribution in [0.1, 0.15) is 56.2 Å². The molecule has 1 aliphatic rings. The number of rotatable bonds is 6. The van der Waals surface area contributed by atoms with Crippen molar-refractivity contribution in [1.29, 1.82) is 0 Å². The van der Waals surface area contributed by atoms with Crippen molar-refractivity contribution in [2.75, 3.05) is 6.61 Å². The minimum absolute atomic E-state index is 0.0985. The normalized spacial score (nSPS) is 19.2. The molecule has 152 valence electrons. The van der Waals surface area contributed by atoms with Crippen LogP contribution in [0.3, 0.4) is 0 Å². The molecular formula is C17H23F3N2O4S. The molecule has 10 heteroatoms. The summed E-state index contributed by atoms with van der Waals surface area (Å²) in [7, 11) is 0. The molecule has 27 heavy (non-hydrogen) atoms. The summed E-state index contributed by atoms with van der Waals surface area (Å²) in [5.74, 6) is -1.73. The molecule has 6 nitrogen and oxygen atoms in total. The van der Waals surface area contributed by atoms with E-state index in [9.17, 15) is 27.9 Å². The molecule has 1 heterocycles. The van der Waals surface area contributed by atoms with Gasteiger partial charge in [-0.3, -0.25) is 4.79 Å². The number of nitrogens with one attached hydrogen (secondary N) is 1. The largest absolute Gasteiger partial charge is 0.464 e. The molecule has 1 atom stereocenters. The lowest BCUT2D eigenvalue weighted by molar-refractivity contribution is -0.267. The summed E-state index contributed by atoms with van der Waals surface area (Å²) in [6, 6.07) is 0. The van der Waals surface area contributed by atoms with Crippen LogP contribution in [0.25, 0.3) is 0 Å². The van der Waals surface area contributed by atoms with Gasteiger partial charge >= 0.3 is 12.1 Å². The average Bonchev–Trinajstić information content (AvgIpc) is 3.01. The van der Waals surface area contributed by atoms with Crippen molar-refractivity contribution in [2.24, 2.45) is 0 Å². The molecule has 1 amide bonds. The first kappa shape index (κ1) is 21.6. The number of carbonyl (C=O) groups is 2.